The molecule has 0 spiro atoms. The van der Waals surface area contributed by atoms with Crippen LogP contribution in [0.15, 0.2) is 24.5 Å². The van der Waals surface area contributed by atoms with Crippen LogP contribution in [0, 0.1) is 27.4 Å². The Morgan fingerprint density at radius 3 is 2.59 bits per heavy atom. The smallest absolute Gasteiger partial charge is 0.289 e. The van der Waals surface area contributed by atoms with Crippen molar-refractivity contribution in [2.75, 3.05) is 5.32 Å². The third-order valence-corrected chi connectivity index (χ3v) is 7.36. The summed E-state index contributed by atoms with van der Waals surface area (Å²) in [6.07, 6.45) is 7.09. The predicted octanol–water partition coefficient (Wildman–Crippen LogP) is 4.43. The van der Waals surface area contributed by atoms with Gasteiger partial charge in [-0.25, -0.2) is 9.67 Å². The zero-order valence-electron chi connectivity index (χ0n) is 15.5. The van der Waals surface area contributed by atoms with E-state index in [-0.39, 0.29) is 27.4 Å². The minimum Gasteiger partial charge on any atom is -0.325 e. The van der Waals surface area contributed by atoms with Crippen LogP contribution in [0.25, 0.3) is 0 Å². The van der Waals surface area contributed by atoms with Gasteiger partial charge < -0.3 is 5.32 Å². The first-order valence-electron chi connectivity index (χ1n) is 9.62. The highest BCUT2D eigenvalue weighted by molar-refractivity contribution is 6.32. The third kappa shape index (κ3) is 3.00. The molecule has 2 aromatic rings. The molecule has 4 bridgehead atoms. The SMILES string of the molecule is O=C(Nc1ccc(Cl)c([N+](=O)[O-])c1)C12C[C@H]3C[C@@H](C1)CC(n1cnc(Cl)n1)(C3)C2. The van der Waals surface area contributed by atoms with E-state index in [1.54, 1.807) is 12.4 Å². The largest absolute Gasteiger partial charge is 0.325 e. The lowest BCUT2D eigenvalue weighted by Crippen LogP contribution is -2.60. The number of hydrogen-bond acceptors (Lipinski definition) is 5. The number of amides is 1. The van der Waals surface area contributed by atoms with Crippen molar-refractivity contribution < 1.29 is 9.72 Å². The van der Waals surface area contributed by atoms with Gasteiger partial charge >= 0.3 is 0 Å². The molecule has 8 nitrogen and oxygen atoms in total. The molecule has 1 amide bonds. The molecule has 6 rings (SSSR count). The first kappa shape index (κ1) is 18.8. The molecule has 29 heavy (non-hydrogen) atoms. The minimum atomic E-state index is -0.549. The summed E-state index contributed by atoms with van der Waals surface area (Å²) in [7, 11) is 0. The van der Waals surface area contributed by atoms with Crippen molar-refractivity contribution in [3.05, 3.63) is 44.9 Å². The van der Waals surface area contributed by atoms with Gasteiger partial charge in [-0.15, -0.1) is 5.10 Å². The highest BCUT2D eigenvalue weighted by Crippen LogP contribution is 2.64. The lowest BCUT2D eigenvalue weighted by atomic mass is 9.46. The molecular weight excluding hydrogens is 417 g/mol. The minimum absolute atomic E-state index is 0.0461. The number of halogens is 2. The number of nitro benzene ring substituents is 1. The molecule has 4 saturated carbocycles. The summed E-state index contributed by atoms with van der Waals surface area (Å²) in [6, 6.07) is 4.35. The molecular formula is C19H19Cl2N5O3. The Morgan fingerprint density at radius 2 is 1.97 bits per heavy atom. The molecule has 4 atom stereocenters. The first-order chi connectivity index (χ1) is 13.8. The Kier molecular flexibility index (Phi) is 4.15. The number of nitrogens with zero attached hydrogens (tertiary/aromatic N) is 4. The Balaban J connectivity index is 1.45. The second-order valence-electron chi connectivity index (χ2n) is 8.80. The van der Waals surface area contributed by atoms with Crippen LogP contribution in [0.2, 0.25) is 10.3 Å². The van der Waals surface area contributed by atoms with Crippen LogP contribution in [-0.2, 0) is 10.3 Å². The number of carbonyl (C=O) groups is 1. The average molecular weight is 436 g/mol. The number of rotatable bonds is 4. The fourth-order valence-corrected chi connectivity index (χ4v) is 6.52. The van der Waals surface area contributed by atoms with E-state index in [0.717, 1.165) is 32.1 Å². The van der Waals surface area contributed by atoms with Gasteiger partial charge in [0.25, 0.3) is 5.69 Å². The summed E-state index contributed by atoms with van der Waals surface area (Å²) in [5.74, 6) is 0.813. The number of aromatic nitrogens is 3. The van der Waals surface area contributed by atoms with Gasteiger partial charge in [-0.2, -0.15) is 0 Å². The number of anilines is 1. The zero-order valence-corrected chi connectivity index (χ0v) is 17.0. The van der Waals surface area contributed by atoms with Gasteiger partial charge in [-0.05, 0) is 74.1 Å². The van der Waals surface area contributed by atoms with Crippen molar-refractivity contribution in [3.63, 3.8) is 0 Å². The van der Waals surface area contributed by atoms with Crippen LogP contribution in [0.5, 0.6) is 0 Å². The van der Waals surface area contributed by atoms with Gasteiger partial charge in [0, 0.05) is 11.8 Å². The average Bonchev–Trinajstić information content (AvgIpc) is 3.09. The first-order valence-corrected chi connectivity index (χ1v) is 10.4. The van der Waals surface area contributed by atoms with Gasteiger partial charge in [0.15, 0.2) is 0 Å². The molecule has 2 unspecified atom stereocenters. The van der Waals surface area contributed by atoms with E-state index < -0.39 is 10.3 Å². The molecule has 1 aromatic carbocycles. The molecule has 4 fully saturated rings. The Labute approximate surface area is 176 Å². The van der Waals surface area contributed by atoms with E-state index in [4.69, 9.17) is 23.2 Å². The molecule has 0 radical (unpaired) electrons. The van der Waals surface area contributed by atoms with Crippen LogP contribution < -0.4 is 5.32 Å². The molecule has 152 valence electrons. The second-order valence-corrected chi connectivity index (χ2v) is 9.55. The monoisotopic (exact) mass is 435 g/mol. The number of nitrogens with one attached hydrogen (secondary N) is 1. The highest BCUT2D eigenvalue weighted by Gasteiger charge is 2.61. The Morgan fingerprint density at radius 1 is 1.24 bits per heavy atom. The van der Waals surface area contributed by atoms with Crippen LogP contribution in [0.3, 0.4) is 0 Å². The number of benzene rings is 1. The van der Waals surface area contributed by atoms with Gasteiger partial charge in [0.1, 0.15) is 11.3 Å². The number of hydrogen-bond donors (Lipinski definition) is 1. The Hall–Kier alpha value is -2.19. The number of nitro groups is 1. The van der Waals surface area contributed by atoms with E-state index >= 15 is 0 Å². The van der Waals surface area contributed by atoms with Crippen molar-refractivity contribution >= 4 is 40.5 Å². The number of carbonyl (C=O) groups excluding carboxylic acids is 1. The molecule has 10 heteroatoms. The predicted molar refractivity (Wildman–Crippen MR) is 107 cm³/mol. The van der Waals surface area contributed by atoms with Crippen LogP contribution in [-0.4, -0.2) is 25.6 Å². The molecule has 0 aliphatic heterocycles. The molecule has 1 heterocycles. The maximum Gasteiger partial charge on any atom is 0.289 e. The van der Waals surface area contributed by atoms with Gasteiger partial charge in [-0.1, -0.05) is 11.6 Å². The second kappa shape index (κ2) is 6.40. The molecule has 4 aliphatic rings. The standard InChI is InChI=1S/C19H19Cl2N5O3/c20-14-2-1-13(4-15(14)26(28)29)23-16(27)18-5-11-3-12(6-18)8-19(7-11,9-18)25-10-22-17(21)24-25/h1-2,4,10-12H,3,5-9H2,(H,23,27)/t11-,12+,18?,19?. The summed E-state index contributed by atoms with van der Waals surface area (Å²) < 4.78 is 1.86. The summed E-state index contributed by atoms with van der Waals surface area (Å²) >= 11 is 11.9. The van der Waals surface area contributed by atoms with Crippen molar-refractivity contribution in [1.82, 2.24) is 14.8 Å². The van der Waals surface area contributed by atoms with Crippen LogP contribution >= 0.6 is 23.2 Å². The highest BCUT2D eigenvalue weighted by atomic mass is 35.5. The van der Waals surface area contributed by atoms with Crippen molar-refractivity contribution in [2.45, 2.75) is 44.1 Å². The zero-order chi connectivity index (χ0) is 20.4. The summed E-state index contributed by atoms with van der Waals surface area (Å²) in [5.41, 5.74) is -0.590. The van der Waals surface area contributed by atoms with E-state index in [1.165, 1.54) is 12.1 Å². The fourth-order valence-electron chi connectivity index (χ4n) is 6.21. The lowest BCUT2D eigenvalue weighted by molar-refractivity contribution is -0.384. The van der Waals surface area contributed by atoms with Crippen molar-refractivity contribution in [1.29, 1.82) is 0 Å². The molecule has 1 aromatic heterocycles. The van der Waals surface area contributed by atoms with E-state index in [9.17, 15) is 14.9 Å². The third-order valence-electron chi connectivity index (χ3n) is 6.86. The van der Waals surface area contributed by atoms with Crippen molar-refractivity contribution in [3.8, 4) is 0 Å². The Bertz CT molecular complexity index is 1010. The lowest BCUT2D eigenvalue weighted by Gasteiger charge is -2.60. The normalized spacial score (nSPS) is 32.3. The van der Waals surface area contributed by atoms with E-state index in [2.05, 4.69) is 15.4 Å². The van der Waals surface area contributed by atoms with Crippen LogP contribution in [0.4, 0.5) is 11.4 Å². The molecule has 4 aliphatic carbocycles. The van der Waals surface area contributed by atoms with Crippen LogP contribution in [0.1, 0.15) is 38.5 Å². The summed E-state index contributed by atoms with van der Waals surface area (Å²) in [5, 5.41) is 18.7. The maximum absolute atomic E-state index is 13.4. The maximum atomic E-state index is 13.4. The summed E-state index contributed by atoms with van der Waals surface area (Å²) in [6.45, 7) is 0. The summed E-state index contributed by atoms with van der Waals surface area (Å²) in [4.78, 5) is 28.1. The molecule has 1 N–H and O–H groups in total. The van der Waals surface area contributed by atoms with Gasteiger partial charge in [0.05, 0.1) is 15.9 Å². The van der Waals surface area contributed by atoms with Crippen molar-refractivity contribution in [2.24, 2.45) is 17.3 Å². The fraction of sp³-hybridized carbons (Fsp3) is 0.526. The topological polar surface area (TPSA) is 103 Å². The van der Waals surface area contributed by atoms with Gasteiger partial charge in [0.2, 0.25) is 11.2 Å². The van der Waals surface area contributed by atoms with Gasteiger partial charge in [-0.3, -0.25) is 14.9 Å². The van der Waals surface area contributed by atoms with E-state index in [1.807, 2.05) is 4.68 Å². The quantitative estimate of drug-likeness (QED) is 0.564. The van der Waals surface area contributed by atoms with E-state index in [0.29, 0.717) is 23.9 Å². The molecule has 0 saturated heterocycles.